The van der Waals surface area contributed by atoms with E-state index < -0.39 is 5.92 Å². The van der Waals surface area contributed by atoms with E-state index in [9.17, 15) is 9.59 Å². The normalized spacial score (nSPS) is 18.2. The highest BCUT2D eigenvalue weighted by atomic mass is 16.5. The molecule has 1 unspecified atom stereocenters. The van der Waals surface area contributed by atoms with Gasteiger partial charge >= 0.3 is 0 Å². The molecule has 0 aromatic heterocycles. The molecular weight excluding hydrogens is 256 g/mol. The molecule has 5 heteroatoms. The first kappa shape index (κ1) is 14.4. The van der Waals surface area contributed by atoms with Gasteiger partial charge in [-0.2, -0.15) is 0 Å². The summed E-state index contributed by atoms with van der Waals surface area (Å²) in [5.41, 5.74) is 0.985. The van der Waals surface area contributed by atoms with E-state index in [0.29, 0.717) is 19.5 Å². The lowest BCUT2D eigenvalue weighted by atomic mass is 10.1. The highest BCUT2D eigenvalue weighted by molar-refractivity contribution is 6.01. The van der Waals surface area contributed by atoms with E-state index in [1.54, 1.807) is 31.0 Å². The molecule has 0 aliphatic carbocycles. The fourth-order valence-corrected chi connectivity index (χ4v) is 2.44. The number of rotatable bonds is 4. The lowest BCUT2D eigenvalue weighted by Crippen LogP contribution is -2.36. The summed E-state index contributed by atoms with van der Waals surface area (Å²) in [4.78, 5) is 27.4. The first-order chi connectivity index (χ1) is 9.52. The van der Waals surface area contributed by atoms with Gasteiger partial charge in [-0.3, -0.25) is 9.59 Å². The molecule has 5 nitrogen and oxygen atoms in total. The van der Waals surface area contributed by atoms with Gasteiger partial charge in [0.05, 0.1) is 7.11 Å². The molecule has 0 spiro atoms. The average molecular weight is 276 g/mol. The smallest absolute Gasteiger partial charge is 0.235 e. The van der Waals surface area contributed by atoms with Crippen LogP contribution in [-0.2, 0) is 16.1 Å². The zero-order valence-corrected chi connectivity index (χ0v) is 12.1. The molecule has 1 fully saturated rings. The van der Waals surface area contributed by atoms with Crippen molar-refractivity contribution in [2.45, 2.75) is 13.0 Å². The number of likely N-dealkylation sites (tertiary alicyclic amines) is 1. The van der Waals surface area contributed by atoms with Gasteiger partial charge in [-0.1, -0.05) is 12.1 Å². The van der Waals surface area contributed by atoms with Crippen LogP contribution in [0.5, 0.6) is 5.75 Å². The molecule has 0 radical (unpaired) electrons. The number of hydrogen-bond donors (Lipinski definition) is 0. The lowest BCUT2D eigenvalue weighted by molar-refractivity contribution is -0.142. The van der Waals surface area contributed by atoms with Crippen LogP contribution in [0.25, 0.3) is 0 Å². The zero-order valence-electron chi connectivity index (χ0n) is 12.1. The van der Waals surface area contributed by atoms with E-state index in [-0.39, 0.29) is 11.8 Å². The fourth-order valence-electron chi connectivity index (χ4n) is 2.44. The van der Waals surface area contributed by atoms with Crippen LogP contribution in [0.1, 0.15) is 12.0 Å². The molecule has 1 saturated heterocycles. The number of hydrogen-bond acceptors (Lipinski definition) is 3. The largest absolute Gasteiger partial charge is 0.497 e. The van der Waals surface area contributed by atoms with Crippen molar-refractivity contribution in [3.63, 3.8) is 0 Å². The van der Waals surface area contributed by atoms with Crippen LogP contribution in [0.3, 0.4) is 0 Å². The molecule has 1 aliphatic rings. The van der Waals surface area contributed by atoms with Crippen LogP contribution in [-0.4, -0.2) is 49.4 Å². The van der Waals surface area contributed by atoms with Gasteiger partial charge in [-0.15, -0.1) is 0 Å². The van der Waals surface area contributed by atoms with Gasteiger partial charge in [0.15, 0.2) is 0 Å². The maximum absolute atomic E-state index is 12.3. The van der Waals surface area contributed by atoms with Gasteiger partial charge in [0.2, 0.25) is 11.8 Å². The number of amides is 2. The molecule has 2 rings (SSSR count). The van der Waals surface area contributed by atoms with Gasteiger partial charge in [0.25, 0.3) is 0 Å². The van der Waals surface area contributed by atoms with Gasteiger partial charge in [-0.25, -0.2) is 0 Å². The van der Waals surface area contributed by atoms with Crippen molar-refractivity contribution in [1.82, 2.24) is 9.80 Å². The fraction of sp³-hybridized carbons (Fsp3) is 0.467. The van der Waals surface area contributed by atoms with Crippen molar-refractivity contribution in [3.8, 4) is 5.75 Å². The summed E-state index contributed by atoms with van der Waals surface area (Å²) >= 11 is 0. The molecule has 1 aromatic rings. The van der Waals surface area contributed by atoms with Crippen molar-refractivity contribution < 1.29 is 14.3 Å². The molecule has 1 aromatic carbocycles. The summed E-state index contributed by atoms with van der Waals surface area (Å²) < 4.78 is 5.16. The second kappa shape index (κ2) is 5.94. The van der Waals surface area contributed by atoms with E-state index in [0.717, 1.165) is 11.3 Å². The Kier molecular flexibility index (Phi) is 4.27. The number of nitrogens with zero attached hydrogens (tertiary/aromatic N) is 2. The predicted octanol–water partition coefficient (Wildman–Crippen LogP) is 1.13. The standard InChI is InChI=1S/C15H20N2O3/c1-16-8-7-13(14(16)18)15(19)17(2)10-11-5-4-6-12(9-11)20-3/h4-6,9,13H,7-8,10H2,1-3H3. The quantitative estimate of drug-likeness (QED) is 0.775. The summed E-state index contributed by atoms with van der Waals surface area (Å²) in [5, 5.41) is 0. The molecule has 1 aliphatic heterocycles. The number of carbonyl (C=O) groups excluding carboxylic acids is 2. The van der Waals surface area contributed by atoms with E-state index in [1.165, 1.54) is 0 Å². The van der Waals surface area contributed by atoms with Gasteiger partial charge in [0.1, 0.15) is 11.7 Å². The van der Waals surface area contributed by atoms with E-state index >= 15 is 0 Å². The molecular formula is C15H20N2O3. The van der Waals surface area contributed by atoms with Crippen LogP contribution >= 0.6 is 0 Å². The van der Waals surface area contributed by atoms with Crippen LogP contribution in [0.15, 0.2) is 24.3 Å². The topological polar surface area (TPSA) is 49.9 Å². The number of ether oxygens (including phenoxy) is 1. The summed E-state index contributed by atoms with van der Waals surface area (Å²) in [6.45, 7) is 1.13. The highest BCUT2D eigenvalue weighted by Gasteiger charge is 2.36. The molecule has 2 amide bonds. The SMILES string of the molecule is COc1cccc(CN(C)C(=O)C2CCN(C)C2=O)c1. The Morgan fingerprint density at radius 2 is 2.25 bits per heavy atom. The number of benzene rings is 1. The summed E-state index contributed by atoms with van der Waals surface area (Å²) in [6.07, 6.45) is 0.608. The molecule has 1 heterocycles. The van der Waals surface area contributed by atoms with E-state index in [4.69, 9.17) is 4.74 Å². The number of carbonyl (C=O) groups is 2. The Hall–Kier alpha value is -2.04. The average Bonchev–Trinajstić information content (AvgIpc) is 2.78. The maximum Gasteiger partial charge on any atom is 0.235 e. The second-order valence-corrected chi connectivity index (χ2v) is 5.15. The molecule has 0 saturated carbocycles. The van der Waals surface area contributed by atoms with Gasteiger partial charge < -0.3 is 14.5 Å². The minimum atomic E-state index is -0.518. The predicted molar refractivity (Wildman–Crippen MR) is 75.2 cm³/mol. The van der Waals surface area contributed by atoms with Gasteiger partial charge in [0, 0.05) is 27.2 Å². The highest BCUT2D eigenvalue weighted by Crippen LogP contribution is 2.20. The molecule has 0 N–H and O–H groups in total. The first-order valence-electron chi connectivity index (χ1n) is 6.66. The van der Waals surface area contributed by atoms with Crippen molar-refractivity contribution in [1.29, 1.82) is 0 Å². The van der Waals surface area contributed by atoms with Crippen molar-refractivity contribution in [2.75, 3.05) is 27.7 Å². The number of methoxy groups -OCH3 is 1. The first-order valence-corrected chi connectivity index (χ1v) is 6.66. The molecule has 1 atom stereocenters. The third-order valence-electron chi connectivity index (χ3n) is 3.66. The van der Waals surface area contributed by atoms with Crippen molar-refractivity contribution in [3.05, 3.63) is 29.8 Å². The van der Waals surface area contributed by atoms with Crippen LogP contribution in [0.4, 0.5) is 0 Å². The summed E-state index contributed by atoms with van der Waals surface area (Å²) in [6, 6.07) is 7.59. The zero-order chi connectivity index (χ0) is 14.7. The van der Waals surface area contributed by atoms with E-state index in [2.05, 4.69) is 0 Å². The maximum atomic E-state index is 12.3. The van der Waals surface area contributed by atoms with Crippen molar-refractivity contribution in [2.24, 2.45) is 5.92 Å². The summed E-state index contributed by atoms with van der Waals surface area (Å²) in [7, 11) is 5.08. The van der Waals surface area contributed by atoms with E-state index in [1.807, 2.05) is 24.3 Å². The van der Waals surface area contributed by atoms with Crippen LogP contribution in [0.2, 0.25) is 0 Å². The third kappa shape index (κ3) is 2.92. The third-order valence-corrected chi connectivity index (χ3v) is 3.66. The van der Waals surface area contributed by atoms with Crippen LogP contribution in [0, 0.1) is 5.92 Å². The van der Waals surface area contributed by atoms with Gasteiger partial charge in [-0.05, 0) is 24.1 Å². The Bertz CT molecular complexity index is 516. The Morgan fingerprint density at radius 3 is 2.85 bits per heavy atom. The lowest BCUT2D eigenvalue weighted by Gasteiger charge is -2.20. The molecule has 0 bridgehead atoms. The Balaban J connectivity index is 2.02. The molecule has 20 heavy (non-hydrogen) atoms. The summed E-state index contributed by atoms with van der Waals surface area (Å²) in [5.74, 6) is 0.0605. The second-order valence-electron chi connectivity index (χ2n) is 5.15. The van der Waals surface area contributed by atoms with Crippen LogP contribution < -0.4 is 4.74 Å². The minimum absolute atomic E-state index is 0.0764. The monoisotopic (exact) mass is 276 g/mol. The van der Waals surface area contributed by atoms with Crippen molar-refractivity contribution >= 4 is 11.8 Å². The minimum Gasteiger partial charge on any atom is -0.497 e. The Labute approximate surface area is 119 Å². The Morgan fingerprint density at radius 1 is 1.50 bits per heavy atom. The molecule has 108 valence electrons.